The van der Waals surface area contributed by atoms with Crippen molar-refractivity contribution in [2.45, 2.75) is 45.1 Å². The maximum absolute atomic E-state index is 11.5. The Morgan fingerprint density at radius 3 is 2.64 bits per heavy atom. The number of allylic oxidation sites excluding steroid dienone is 2. The summed E-state index contributed by atoms with van der Waals surface area (Å²) in [7, 11) is 3.27. The van der Waals surface area contributed by atoms with Crippen LogP contribution in [0, 0.1) is 0 Å². The van der Waals surface area contributed by atoms with Crippen LogP contribution in [0.15, 0.2) is 24.3 Å². The number of hydrogen-bond donors (Lipinski definition) is 0. The minimum absolute atomic E-state index is 0.223. The first-order valence-electron chi connectivity index (χ1n) is 7.73. The van der Waals surface area contributed by atoms with E-state index in [1.807, 2.05) is 12.1 Å². The SMILES string of the molecule is COc1ccc2c(c1OC)C/C=C\CCCCC2OC(C)=O. The van der Waals surface area contributed by atoms with E-state index >= 15 is 0 Å². The molecule has 120 valence electrons. The number of rotatable bonds is 3. The highest BCUT2D eigenvalue weighted by Gasteiger charge is 2.23. The average Bonchev–Trinajstić information content (AvgIpc) is 2.51. The molecular weight excluding hydrogens is 280 g/mol. The first-order valence-corrected chi connectivity index (χ1v) is 7.73. The molecule has 1 unspecified atom stereocenters. The highest BCUT2D eigenvalue weighted by Crippen LogP contribution is 2.39. The molecule has 2 rings (SSSR count). The van der Waals surface area contributed by atoms with Crippen molar-refractivity contribution in [3.05, 3.63) is 35.4 Å². The summed E-state index contributed by atoms with van der Waals surface area (Å²) < 4.78 is 16.5. The van der Waals surface area contributed by atoms with E-state index in [2.05, 4.69) is 12.2 Å². The molecule has 4 heteroatoms. The summed E-state index contributed by atoms with van der Waals surface area (Å²) in [6.45, 7) is 1.46. The predicted octanol–water partition coefficient (Wildman–Crippen LogP) is 3.98. The molecule has 4 nitrogen and oxygen atoms in total. The maximum atomic E-state index is 11.5. The van der Waals surface area contributed by atoms with Gasteiger partial charge in [-0.25, -0.2) is 0 Å². The van der Waals surface area contributed by atoms with Crippen LogP contribution in [0.3, 0.4) is 0 Å². The normalized spacial score (nSPS) is 19.7. The fourth-order valence-corrected chi connectivity index (χ4v) is 2.91. The van der Waals surface area contributed by atoms with Crippen LogP contribution in [-0.2, 0) is 16.0 Å². The first-order chi connectivity index (χ1) is 10.7. The standard InChI is InChI=1S/C18H24O4/c1-13(19)22-16-10-8-6-4-5-7-9-15-14(16)11-12-17(20-2)18(15)21-3/h5,7,11-12,16H,4,6,8-10H2,1-3H3/b7-5-. The minimum atomic E-state index is -0.252. The number of carbonyl (C=O) groups excluding carboxylic acids is 1. The second-order valence-electron chi connectivity index (χ2n) is 5.43. The van der Waals surface area contributed by atoms with E-state index < -0.39 is 0 Å². The summed E-state index contributed by atoms with van der Waals surface area (Å²) in [6.07, 6.45) is 8.88. The molecule has 22 heavy (non-hydrogen) atoms. The van der Waals surface area contributed by atoms with Crippen LogP contribution in [0.5, 0.6) is 11.5 Å². The molecule has 0 saturated carbocycles. The summed E-state index contributed by atoms with van der Waals surface area (Å²) in [6, 6.07) is 3.86. The van der Waals surface area contributed by atoms with Gasteiger partial charge in [0.1, 0.15) is 6.10 Å². The number of methoxy groups -OCH3 is 2. The number of fused-ring (bicyclic) bond motifs is 1. The first kappa shape index (κ1) is 16.4. The Morgan fingerprint density at radius 1 is 1.14 bits per heavy atom. The Labute approximate surface area is 132 Å². The zero-order valence-electron chi connectivity index (χ0n) is 13.6. The molecule has 0 radical (unpaired) electrons. The third-order valence-corrected chi connectivity index (χ3v) is 3.92. The number of hydrogen-bond acceptors (Lipinski definition) is 4. The second-order valence-corrected chi connectivity index (χ2v) is 5.43. The van der Waals surface area contributed by atoms with Gasteiger partial charge in [0.25, 0.3) is 0 Å². The van der Waals surface area contributed by atoms with Gasteiger partial charge in [0.05, 0.1) is 14.2 Å². The van der Waals surface area contributed by atoms with Crippen LogP contribution in [0.4, 0.5) is 0 Å². The quantitative estimate of drug-likeness (QED) is 0.626. The molecular formula is C18H24O4. The smallest absolute Gasteiger partial charge is 0.303 e. The van der Waals surface area contributed by atoms with Gasteiger partial charge in [-0.3, -0.25) is 4.79 Å². The Balaban J connectivity index is 2.51. The Kier molecular flexibility index (Phi) is 5.87. The molecule has 1 aromatic carbocycles. The van der Waals surface area contributed by atoms with Crippen molar-refractivity contribution in [3.8, 4) is 11.5 Å². The van der Waals surface area contributed by atoms with Gasteiger partial charge in [-0.15, -0.1) is 0 Å². The van der Waals surface area contributed by atoms with Crippen LogP contribution in [0.1, 0.15) is 49.8 Å². The van der Waals surface area contributed by atoms with Gasteiger partial charge in [0.15, 0.2) is 11.5 Å². The van der Waals surface area contributed by atoms with E-state index in [9.17, 15) is 4.79 Å². The molecule has 0 N–H and O–H groups in total. The Morgan fingerprint density at radius 2 is 1.95 bits per heavy atom. The molecule has 1 aromatic rings. The van der Waals surface area contributed by atoms with Crippen LogP contribution in [0.25, 0.3) is 0 Å². The van der Waals surface area contributed by atoms with Crippen molar-refractivity contribution in [3.63, 3.8) is 0 Å². The monoisotopic (exact) mass is 304 g/mol. The molecule has 0 aromatic heterocycles. The van der Waals surface area contributed by atoms with E-state index in [-0.39, 0.29) is 12.1 Å². The predicted molar refractivity (Wildman–Crippen MR) is 85.4 cm³/mol. The van der Waals surface area contributed by atoms with Crippen LogP contribution in [0.2, 0.25) is 0 Å². The third kappa shape index (κ3) is 3.81. The fraction of sp³-hybridized carbons (Fsp3) is 0.500. The number of benzene rings is 1. The lowest BCUT2D eigenvalue weighted by molar-refractivity contribution is -0.147. The topological polar surface area (TPSA) is 44.8 Å². The Bertz CT molecular complexity index is 548. The zero-order valence-corrected chi connectivity index (χ0v) is 13.6. The Hall–Kier alpha value is -1.97. The lowest BCUT2D eigenvalue weighted by Crippen LogP contribution is -2.12. The van der Waals surface area contributed by atoms with E-state index in [0.29, 0.717) is 5.75 Å². The van der Waals surface area contributed by atoms with E-state index in [0.717, 1.165) is 49.0 Å². The van der Waals surface area contributed by atoms with Gasteiger partial charge in [0, 0.05) is 12.5 Å². The molecule has 0 fully saturated rings. The van der Waals surface area contributed by atoms with Crippen molar-refractivity contribution < 1.29 is 19.0 Å². The lowest BCUT2D eigenvalue weighted by Gasteiger charge is -2.23. The zero-order chi connectivity index (χ0) is 15.9. The van der Waals surface area contributed by atoms with Crippen molar-refractivity contribution in [2.75, 3.05) is 14.2 Å². The van der Waals surface area contributed by atoms with Gasteiger partial charge in [-0.1, -0.05) is 18.2 Å². The number of ether oxygens (including phenoxy) is 3. The molecule has 0 saturated heterocycles. The van der Waals surface area contributed by atoms with Crippen molar-refractivity contribution >= 4 is 5.97 Å². The highest BCUT2D eigenvalue weighted by atomic mass is 16.5. The minimum Gasteiger partial charge on any atom is -0.493 e. The molecule has 1 atom stereocenters. The van der Waals surface area contributed by atoms with Crippen LogP contribution < -0.4 is 9.47 Å². The van der Waals surface area contributed by atoms with Gasteiger partial charge in [0.2, 0.25) is 0 Å². The van der Waals surface area contributed by atoms with E-state index in [1.165, 1.54) is 6.92 Å². The number of carbonyl (C=O) groups is 1. The molecule has 0 aliphatic heterocycles. The van der Waals surface area contributed by atoms with Gasteiger partial charge in [-0.2, -0.15) is 0 Å². The third-order valence-electron chi connectivity index (χ3n) is 3.92. The highest BCUT2D eigenvalue weighted by molar-refractivity contribution is 5.66. The molecule has 0 spiro atoms. The molecule has 0 amide bonds. The van der Waals surface area contributed by atoms with Crippen LogP contribution >= 0.6 is 0 Å². The summed E-state index contributed by atoms with van der Waals surface area (Å²) in [4.78, 5) is 11.5. The van der Waals surface area contributed by atoms with Crippen molar-refractivity contribution in [2.24, 2.45) is 0 Å². The van der Waals surface area contributed by atoms with E-state index in [1.54, 1.807) is 14.2 Å². The van der Waals surface area contributed by atoms with Crippen LogP contribution in [-0.4, -0.2) is 20.2 Å². The molecule has 1 aliphatic carbocycles. The molecule has 0 heterocycles. The largest absolute Gasteiger partial charge is 0.493 e. The van der Waals surface area contributed by atoms with Crippen molar-refractivity contribution in [1.29, 1.82) is 0 Å². The maximum Gasteiger partial charge on any atom is 0.303 e. The second kappa shape index (κ2) is 7.87. The van der Waals surface area contributed by atoms with Gasteiger partial charge >= 0.3 is 5.97 Å². The summed E-state index contributed by atoms with van der Waals surface area (Å²) >= 11 is 0. The van der Waals surface area contributed by atoms with Crippen molar-refractivity contribution in [1.82, 2.24) is 0 Å². The molecule has 0 bridgehead atoms. The molecule has 1 aliphatic rings. The summed E-state index contributed by atoms with van der Waals surface area (Å²) in [5.74, 6) is 1.17. The summed E-state index contributed by atoms with van der Waals surface area (Å²) in [5, 5.41) is 0. The lowest BCUT2D eigenvalue weighted by atomic mass is 9.93. The average molecular weight is 304 g/mol. The van der Waals surface area contributed by atoms with Gasteiger partial charge < -0.3 is 14.2 Å². The number of esters is 1. The summed E-state index contributed by atoms with van der Waals surface area (Å²) in [5.41, 5.74) is 2.05. The van der Waals surface area contributed by atoms with E-state index in [4.69, 9.17) is 14.2 Å². The van der Waals surface area contributed by atoms with Gasteiger partial charge in [-0.05, 0) is 43.7 Å². The fourth-order valence-electron chi connectivity index (χ4n) is 2.91.